The van der Waals surface area contributed by atoms with E-state index < -0.39 is 30.1 Å². The van der Waals surface area contributed by atoms with E-state index in [1.165, 1.54) is 11.1 Å². The zero-order valence-corrected chi connectivity index (χ0v) is 22.2. The quantitative estimate of drug-likeness (QED) is 0.441. The van der Waals surface area contributed by atoms with E-state index in [0.717, 1.165) is 4.90 Å². The number of H-pyrrole nitrogens is 1. The Kier molecular flexibility index (Phi) is 6.25. The number of hydrogen-bond donors (Lipinski definition) is 2. The van der Waals surface area contributed by atoms with Gasteiger partial charge in [-0.2, -0.15) is 18.3 Å². The Balaban J connectivity index is 1.38. The molecule has 0 saturated carbocycles. The highest BCUT2D eigenvalue weighted by molar-refractivity contribution is 9.10. The number of hydrogen-bond acceptors (Lipinski definition) is 6. The Morgan fingerprint density at radius 1 is 1.15 bits per heavy atom. The van der Waals surface area contributed by atoms with Gasteiger partial charge < -0.3 is 15.1 Å². The number of carbonyl (C=O) groups excluding carboxylic acids is 3. The van der Waals surface area contributed by atoms with Crippen molar-refractivity contribution in [1.29, 1.82) is 0 Å². The molecule has 0 aliphatic carbocycles. The molecule has 0 bridgehead atoms. The van der Waals surface area contributed by atoms with Gasteiger partial charge in [-0.05, 0) is 79.0 Å². The maximum absolute atomic E-state index is 14.0. The molecule has 3 aromatic rings. The lowest BCUT2D eigenvalue weighted by molar-refractivity contribution is -0.182. The average Bonchev–Trinajstić information content (AvgIpc) is 3.64. The van der Waals surface area contributed by atoms with Crippen molar-refractivity contribution in [3.8, 4) is 0 Å². The second kappa shape index (κ2) is 9.40. The fraction of sp³-hybridized carbons (Fsp3) is 0.423. The van der Waals surface area contributed by atoms with Crippen LogP contribution in [0.5, 0.6) is 0 Å². The van der Waals surface area contributed by atoms with Crippen molar-refractivity contribution in [2.75, 3.05) is 31.1 Å². The molecule has 2 aromatic heterocycles. The van der Waals surface area contributed by atoms with Crippen molar-refractivity contribution in [3.63, 3.8) is 0 Å². The highest BCUT2D eigenvalue weighted by Gasteiger charge is 2.54. The summed E-state index contributed by atoms with van der Waals surface area (Å²) < 4.78 is 41.0. The van der Waals surface area contributed by atoms with Gasteiger partial charge in [0.2, 0.25) is 17.6 Å². The maximum Gasteiger partial charge on any atom is 0.408 e. The maximum atomic E-state index is 14.0. The van der Waals surface area contributed by atoms with E-state index in [1.54, 1.807) is 24.3 Å². The van der Waals surface area contributed by atoms with E-state index in [0.29, 0.717) is 58.3 Å². The van der Waals surface area contributed by atoms with Crippen LogP contribution >= 0.6 is 15.9 Å². The molecule has 13 heteroatoms. The third kappa shape index (κ3) is 4.13. The van der Waals surface area contributed by atoms with Crippen molar-refractivity contribution in [1.82, 2.24) is 25.4 Å². The number of aromatic nitrogens is 3. The lowest BCUT2D eigenvalue weighted by atomic mass is 9.73. The number of rotatable bonds is 4. The number of piperidine rings is 1. The second-order valence-electron chi connectivity index (χ2n) is 10.2. The lowest BCUT2D eigenvalue weighted by Gasteiger charge is -2.34. The number of benzene rings is 1. The summed E-state index contributed by atoms with van der Waals surface area (Å²) in [6.07, 6.45) is -2.05. The minimum atomic E-state index is -4.53. The predicted octanol–water partition coefficient (Wildman–Crippen LogP) is 3.47. The number of alkyl halides is 3. The van der Waals surface area contributed by atoms with E-state index in [2.05, 4.69) is 36.4 Å². The molecule has 0 radical (unpaired) electrons. The largest absolute Gasteiger partial charge is 0.408 e. The van der Waals surface area contributed by atoms with Gasteiger partial charge in [-0.25, -0.2) is 4.98 Å². The standard InChI is InChI=1S/C26H24BrF3N6O3/c27-22-14(23(38)16-5-4-15-17(33-16)12-32-34-15)3-6-18-21(22)25(7-9-31-10-8-25)24(39)36(18)13-20(37)35-11-1-2-19(35)26(28,29)30/h3-6,12,19,31H,1-2,7-11,13H2,(H,32,34)/t19-/m1/s1. The fourth-order valence-corrected chi connectivity index (χ4v) is 6.99. The molecule has 39 heavy (non-hydrogen) atoms. The molecule has 3 aliphatic heterocycles. The van der Waals surface area contributed by atoms with Crippen LogP contribution in [0, 0.1) is 0 Å². The molecule has 2 fully saturated rings. The van der Waals surface area contributed by atoms with Crippen LogP contribution in [0.25, 0.3) is 11.0 Å². The number of amides is 2. The summed E-state index contributed by atoms with van der Waals surface area (Å²) in [7, 11) is 0. The topological polar surface area (TPSA) is 111 Å². The molecule has 1 atom stereocenters. The first-order valence-corrected chi connectivity index (χ1v) is 13.5. The van der Waals surface area contributed by atoms with Crippen LogP contribution in [0.3, 0.4) is 0 Å². The molecule has 2 saturated heterocycles. The number of anilines is 1. The monoisotopic (exact) mass is 604 g/mol. The summed E-state index contributed by atoms with van der Waals surface area (Å²) in [6, 6.07) is 4.62. The van der Waals surface area contributed by atoms with E-state index in [4.69, 9.17) is 0 Å². The summed E-state index contributed by atoms with van der Waals surface area (Å²) in [5.74, 6) is -1.43. The SMILES string of the molecule is O=C(c1ccc2[nH]ncc2n1)c1ccc2c(c1Br)C1(CCNCC1)C(=O)N2CC(=O)N1CCC[C@@H]1C(F)(F)F. The van der Waals surface area contributed by atoms with Crippen molar-refractivity contribution >= 4 is 50.2 Å². The van der Waals surface area contributed by atoms with Crippen molar-refractivity contribution in [2.24, 2.45) is 0 Å². The van der Waals surface area contributed by atoms with Gasteiger partial charge in [0.25, 0.3) is 0 Å². The molecule has 3 aliphatic rings. The van der Waals surface area contributed by atoms with Crippen LogP contribution in [0.2, 0.25) is 0 Å². The van der Waals surface area contributed by atoms with Crippen LogP contribution in [0.15, 0.2) is 34.9 Å². The summed E-state index contributed by atoms with van der Waals surface area (Å²) in [4.78, 5) is 47.2. The molecule has 5 heterocycles. The van der Waals surface area contributed by atoms with Crippen LogP contribution in [-0.4, -0.2) is 76.1 Å². The molecule has 1 aromatic carbocycles. The number of nitrogens with zero attached hydrogens (tertiary/aromatic N) is 4. The summed E-state index contributed by atoms with van der Waals surface area (Å²) in [6.45, 7) is 0.585. The summed E-state index contributed by atoms with van der Waals surface area (Å²) in [5, 5.41) is 9.96. The molecule has 6 rings (SSSR count). The number of halogens is 4. The molecule has 0 unspecified atom stereocenters. The van der Waals surface area contributed by atoms with Crippen molar-refractivity contribution < 1.29 is 27.6 Å². The summed E-state index contributed by atoms with van der Waals surface area (Å²) >= 11 is 3.60. The van der Waals surface area contributed by atoms with Crippen LogP contribution in [-0.2, 0) is 15.0 Å². The molecule has 1 spiro atoms. The van der Waals surface area contributed by atoms with E-state index in [1.807, 2.05) is 0 Å². The number of aromatic amines is 1. The molecule has 204 valence electrons. The average molecular weight is 605 g/mol. The second-order valence-corrected chi connectivity index (χ2v) is 11.0. The van der Waals surface area contributed by atoms with E-state index in [-0.39, 0.29) is 36.8 Å². The summed E-state index contributed by atoms with van der Waals surface area (Å²) in [5.41, 5.74) is 1.74. The van der Waals surface area contributed by atoms with Gasteiger partial charge >= 0.3 is 6.18 Å². The molecule has 2 amide bonds. The minimum Gasteiger partial charge on any atom is -0.329 e. The fourth-order valence-electron chi connectivity index (χ4n) is 6.10. The minimum absolute atomic E-state index is 0.00188. The van der Waals surface area contributed by atoms with E-state index in [9.17, 15) is 27.6 Å². The first kappa shape index (κ1) is 25.9. The van der Waals surface area contributed by atoms with Crippen LogP contribution < -0.4 is 10.2 Å². The molecule has 2 N–H and O–H groups in total. The van der Waals surface area contributed by atoms with Gasteiger partial charge in [0.1, 0.15) is 23.8 Å². The van der Waals surface area contributed by atoms with Crippen molar-refractivity contribution in [3.05, 3.63) is 51.8 Å². The number of nitrogens with one attached hydrogen (secondary N) is 2. The van der Waals surface area contributed by atoms with Crippen LogP contribution in [0.4, 0.5) is 18.9 Å². The Bertz CT molecular complexity index is 1500. The Labute approximate surface area is 229 Å². The Hall–Kier alpha value is -3.32. The zero-order valence-electron chi connectivity index (χ0n) is 20.6. The number of ketones is 1. The number of likely N-dealkylation sites (tertiary alicyclic amines) is 1. The van der Waals surface area contributed by atoms with E-state index >= 15 is 0 Å². The zero-order chi connectivity index (χ0) is 27.5. The lowest BCUT2D eigenvalue weighted by Crippen LogP contribution is -2.52. The first-order valence-electron chi connectivity index (χ1n) is 12.7. The highest BCUT2D eigenvalue weighted by Crippen LogP contribution is 2.51. The first-order chi connectivity index (χ1) is 18.6. The Morgan fingerprint density at radius 2 is 1.92 bits per heavy atom. The van der Waals surface area contributed by atoms with Gasteiger partial charge in [0, 0.05) is 27.8 Å². The predicted molar refractivity (Wildman–Crippen MR) is 138 cm³/mol. The van der Waals surface area contributed by atoms with Crippen LogP contribution in [0.1, 0.15) is 47.3 Å². The van der Waals surface area contributed by atoms with Gasteiger partial charge in [-0.1, -0.05) is 0 Å². The number of carbonyl (C=O) groups is 3. The molecular weight excluding hydrogens is 581 g/mol. The van der Waals surface area contributed by atoms with Gasteiger partial charge in [0.05, 0.1) is 17.1 Å². The third-order valence-corrected chi connectivity index (χ3v) is 8.84. The third-order valence-electron chi connectivity index (χ3n) is 8.02. The number of pyridine rings is 1. The smallest absolute Gasteiger partial charge is 0.329 e. The van der Waals surface area contributed by atoms with Gasteiger partial charge in [-0.15, -0.1) is 0 Å². The van der Waals surface area contributed by atoms with Gasteiger partial charge in [-0.3, -0.25) is 19.5 Å². The Morgan fingerprint density at radius 3 is 2.67 bits per heavy atom. The normalized spacial score (nSPS) is 20.7. The van der Waals surface area contributed by atoms with Crippen molar-refractivity contribution in [2.45, 2.75) is 43.3 Å². The highest BCUT2D eigenvalue weighted by atomic mass is 79.9. The molecule has 9 nitrogen and oxygen atoms in total. The van der Waals surface area contributed by atoms with Gasteiger partial charge in [0.15, 0.2) is 0 Å². The molecular formula is C26H24BrF3N6O3. The number of fused-ring (bicyclic) bond motifs is 3.